The first-order valence-corrected chi connectivity index (χ1v) is 13.5. The van der Waals surface area contributed by atoms with E-state index in [4.69, 9.17) is 5.73 Å². The number of alkyl halides is 3. The number of nitrogens with two attached hydrogens (primary N) is 1. The van der Waals surface area contributed by atoms with E-state index in [1.54, 1.807) is 13.0 Å². The summed E-state index contributed by atoms with van der Waals surface area (Å²) in [6, 6.07) is 5.86. The number of amides is 2. The van der Waals surface area contributed by atoms with Crippen molar-refractivity contribution in [1.29, 1.82) is 0 Å². The summed E-state index contributed by atoms with van der Waals surface area (Å²) in [6.07, 6.45) is 4.57. The molecule has 7 nitrogen and oxygen atoms in total. The molecule has 2 heterocycles. The smallest absolute Gasteiger partial charge is 0.368 e. The van der Waals surface area contributed by atoms with Crippen molar-refractivity contribution in [2.45, 2.75) is 89.4 Å². The van der Waals surface area contributed by atoms with Crippen LogP contribution in [0, 0.1) is 0 Å². The van der Waals surface area contributed by atoms with E-state index in [9.17, 15) is 22.8 Å². The largest absolute Gasteiger partial charge is 0.416 e. The van der Waals surface area contributed by atoms with Crippen molar-refractivity contribution in [3.8, 4) is 0 Å². The van der Waals surface area contributed by atoms with E-state index in [1.165, 1.54) is 36.2 Å². The summed E-state index contributed by atoms with van der Waals surface area (Å²) in [6.45, 7) is 8.07. The van der Waals surface area contributed by atoms with Gasteiger partial charge in [0.1, 0.15) is 0 Å². The quantitative estimate of drug-likeness (QED) is 0.338. The topological polar surface area (TPSA) is 93.2 Å². The maximum Gasteiger partial charge on any atom is 0.416 e. The predicted octanol–water partition coefficient (Wildman–Crippen LogP) is 4.78. The Labute approximate surface area is 222 Å². The molecule has 0 radical (unpaired) electrons. The third-order valence-corrected chi connectivity index (χ3v) is 7.67. The Bertz CT molecular complexity index is 1060. The Morgan fingerprint density at radius 1 is 1.18 bits per heavy atom. The number of hydrogen-bond donors (Lipinski definition) is 2. The van der Waals surface area contributed by atoms with Gasteiger partial charge >= 0.3 is 6.18 Å². The van der Waals surface area contributed by atoms with Crippen LogP contribution >= 0.6 is 0 Å². The molecule has 1 saturated heterocycles. The average Bonchev–Trinajstić information content (AvgIpc) is 3.66. The van der Waals surface area contributed by atoms with E-state index in [0.717, 1.165) is 44.3 Å². The number of piperidine rings is 1. The second kappa shape index (κ2) is 13.3. The van der Waals surface area contributed by atoms with Gasteiger partial charge in [0.05, 0.1) is 23.8 Å². The fraction of sp³-hybridized carbons (Fsp3) is 0.607. The third-order valence-electron chi connectivity index (χ3n) is 7.67. The van der Waals surface area contributed by atoms with E-state index < -0.39 is 11.7 Å². The minimum absolute atomic E-state index is 0.155. The number of likely N-dealkylation sites (tertiary alicyclic amines) is 1. The van der Waals surface area contributed by atoms with Crippen molar-refractivity contribution in [3.05, 3.63) is 52.8 Å². The fourth-order valence-electron chi connectivity index (χ4n) is 5.17. The standard InChI is InChI=1S/C16H26N4O.C12H14F3NO/c1-3-12-10-18-20(15(12)13-4-5-13)14-6-8-19(9-7-14)11(2)16(17)21;1-9(6-7-16-8-17)10-4-2-3-5-11(10)12(13,14)15/h10-11,13-14H,3-9H2,1-2H3,(H2,17,21);2-5,8-9H,6-7H2,1H3,(H,16,17)/t;9-/m.0/s1. The normalized spacial score (nSPS) is 18.3. The highest BCUT2D eigenvalue weighted by atomic mass is 19.4. The first kappa shape index (κ1) is 29.7. The fourth-order valence-corrected chi connectivity index (χ4v) is 5.17. The zero-order valence-electron chi connectivity index (χ0n) is 22.5. The number of primary amides is 1. The van der Waals surface area contributed by atoms with E-state index >= 15 is 0 Å². The molecule has 210 valence electrons. The van der Waals surface area contributed by atoms with E-state index in [1.807, 2.05) is 6.92 Å². The van der Waals surface area contributed by atoms with Gasteiger partial charge in [-0.2, -0.15) is 18.3 Å². The number of hydrogen-bond acceptors (Lipinski definition) is 4. The van der Waals surface area contributed by atoms with Crippen LogP contribution in [0.2, 0.25) is 0 Å². The molecule has 1 saturated carbocycles. The predicted molar refractivity (Wildman–Crippen MR) is 141 cm³/mol. The summed E-state index contributed by atoms with van der Waals surface area (Å²) in [5.41, 5.74) is 7.99. The second-order valence-electron chi connectivity index (χ2n) is 10.3. The van der Waals surface area contributed by atoms with Gasteiger partial charge in [0, 0.05) is 31.2 Å². The van der Waals surface area contributed by atoms with E-state index in [-0.39, 0.29) is 23.4 Å². The summed E-state index contributed by atoms with van der Waals surface area (Å²) in [7, 11) is 0. The Hall–Kier alpha value is -2.88. The second-order valence-corrected chi connectivity index (χ2v) is 10.3. The zero-order chi connectivity index (χ0) is 27.9. The van der Waals surface area contributed by atoms with Crippen molar-refractivity contribution in [2.75, 3.05) is 19.6 Å². The first-order chi connectivity index (χ1) is 18.1. The summed E-state index contributed by atoms with van der Waals surface area (Å²) >= 11 is 0. The lowest BCUT2D eigenvalue weighted by molar-refractivity contribution is -0.138. The molecule has 10 heteroatoms. The van der Waals surface area contributed by atoms with Gasteiger partial charge in [0.2, 0.25) is 12.3 Å². The van der Waals surface area contributed by atoms with Crippen LogP contribution in [0.3, 0.4) is 0 Å². The number of nitrogens with zero attached hydrogens (tertiary/aromatic N) is 3. The molecule has 1 aromatic heterocycles. The van der Waals surface area contributed by atoms with Crippen LogP contribution in [0.25, 0.3) is 0 Å². The van der Waals surface area contributed by atoms with Gasteiger partial charge in [0.25, 0.3) is 0 Å². The number of aromatic nitrogens is 2. The highest BCUT2D eigenvalue weighted by molar-refractivity contribution is 5.79. The van der Waals surface area contributed by atoms with Crippen LogP contribution < -0.4 is 11.1 Å². The molecule has 1 aliphatic carbocycles. The molecule has 38 heavy (non-hydrogen) atoms. The number of carbonyl (C=O) groups is 2. The zero-order valence-corrected chi connectivity index (χ0v) is 22.5. The van der Waals surface area contributed by atoms with Crippen molar-refractivity contribution in [2.24, 2.45) is 5.73 Å². The molecule has 0 bridgehead atoms. The molecule has 1 aliphatic heterocycles. The third kappa shape index (κ3) is 7.58. The number of benzene rings is 1. The molecule has 4 rings (SSSR count). The van der Waals surface area contributed by atoms with Crippen molar-refractivity contribution >= 4 is 12.3 Å². The van der Waals surface area contributed by atoms with Crippen molar-refractivity contribution in [1.82, 2.24) is 20.0 Å². The Morgan fingerprint density at radius 2 is 1.84 bits per heavy atom. The molecule has 2 aliphatic rings. The van der Waals surface area contributed by atoms with Gasteiger partial charge in [0.15, 0.2) is 0 Å². The first-order valence-electron chi connectivity index (χ1n) is 13.5. The molecule has 0 spiro atoms. The van der Waals surface area contributed by atoms with Crippen LogP contribution in [0.4, 0.5) is 13.2 Å². The Morgan fingerprint density at radius 3 is 2.39 bits per heavy atom. The molecular weight excluding hydrogens is 495 g/mol. The summed E-state index contributed by atoms with van der Waals surface area (Å²) < 4.78 is 40.5. The van der Waals surface area contributed by atoms with Gasteiger partial charge in [-0.05, 0) is 68.6 Å². The van der Waals surface area contributed by atoms with Crippen LogP contribution in [0.5, 0.6) is 0 Å². The molecular formula is C28H40F3N5O2. The molecule has 1 unspecified atom stereocenters. The lowest BCUT2D eigenvalue weighted by atomic mass is 9.93. The maximum absolute atomic E-state index is 12.7. The number of halogens is 3. The maximum atomic E-state index is 12.7. The van der Waals surface area contributed by atoms with E-state index in [2.05, 4.69) is 33.1 Å². The summed E-state index contributed by atoms with van der Waals surface area (Å²) in [5, 5.41) is 7.13. The SMILES string of the molecule is CCc1cnn(C2CCN(C(C)C(N)=O)CC2)c1C1CC1.C[C@@H](CCNC=O)c1ccccc1C(F)(F)F. The molecule has 2 aromatic rings. The molecule has 1 aromatic carbocycles. The Kier molecular flexibility index (Phi) is 10.4. The molecule has 2 atom stereocenters. The van der Waals surface area contributed by atoms with Gasteiger partial charge in [-0.25, -0.2) is 0 Å². The van der Waals surface area contributed by atoms with Crippen LogP contribution in [-0.2, 0) is 22.2 Å². The van der Waals surface area contributed by atoms with Crippen molar-refractivity contribution < 1.29 is 22.8 Å². The minimum atomic E-state index is -4.33. The number of aryl methyl sites for hydroxylation is 1. The summed E-state index contributed by atoms with van der Waals surface area (Å²) in [4.78, 5) is 23.6. The van der Waals surface area contributed by atoms with Crippen molar-refractivity contribution in [3.63, 3.8) is 0 Å². The number of rotatable bonds is 10. The monoisotopic (exact) mass is 535 g/mol. The van der Waals surface area contributed by atoms with Gasteiger partial charge in [-0.3, -0.25) is 19.2 Å². The Balaban J connectivity index is 0.000000216. The lowest BCUT2D eigenvalue weighted by Gasteiger charge is -2.35. The van der Waals surface area contributed by atoms with Crippen LogP contribution in [0.15, 0.2) is 30.5 Å². The molecule has 3 N–H and O–H groups in total. The highest BCUT2D eigenvalue weighted by Crippen LogP contribution is 2.43. The molecule has 2 fully saturated rings. The number of carbonyl (C=O) groups excluding carboxylic acids is 2. The van der Waals surface area contributed by atoms with Gasteiger partial charge in [-0.1, -0.05) is 32.0 Å². The lowest BCUT2D eigenvalue weighted by Crippen LogP contribution is -2.46. The minimum Gasteiger partial charge on any atom is -0.368 e. The van der Waals surface area contributed by atoms with E-state index in [0.29, 0.717) is 25.4 Å². The van der Waals surface area contributed by atoms with Gasteiger partial charge < -0.3 is 11.1 Å². The average molecular weight is 536 g/mol. The molecule has 2 amide bonds. The van der Waals surface area contributed by atoms with Crippen LogP contribution in [0.1, 0.15) is 93.1 Å². The summed E-state index contributed by atoms with van der Waals surface area (Å²) in [5.74, 6) is 0.268. The van der Waals surface area contributed by atoms with Crippen LogP contribution in [-0.4, -0.2) is 52.7 Å². The number of nitrogens with one attached hydrogen (secondary N) is 1. The van der Waals surface area contributed by atoms with Gasteiger partial charge in [-0.15, -0.1) is 0 Å². The highest BCUT2D eigenvalue weighted by Gasteiger charge is 2.35.